The van der Waals surface area contributed by atoms with Gasteiger partial charge in [-0.05, 0) is 13.0 Å². The van der Waals surface area contributed by atoms with Crippen LogP contribution in [0.2, 0.25) is 0 Å². The molecule has 0 unspecified atom stereocenters. The fraction of sp³-hybridized carbons (Fsp3) is 0.0833. The van der Waals surface area contributed by atoms with Crippen molar-refractivity contribution in [3.8, 4) is 11.4 Å². The summed E-state index contributed by atoms with van der Waals surface area (Å²) < 4.78 is 10.5. The molecule has 0 saturated carbocycles. The van der Waals surface area contributed by atoms with Crippen LogP contribution >= 0.6 is 0 Å². The van der Waals surface area contributed by atoms with E-state index in [2.05, 4.69) is 10.1 Å². The number of nitrogens with zero attached hydrogens (tertiary/aromatic N) is 2. The smallest absolute Gasteiger partial charge is 0.339 e. The molecule has 1 heterocycles. The first-order valence-electron chi connectivity index (χ1n) is 9.37. The van der Waals surface area contributed by atoms with Gasteiger partial charge in [-0.15, -0.1) is 0 Å². The summed E-state index contributed by atoms with van der Waals surface area (Å²) in [4.78, 5) is 29.7. The number of aromatic nitrogens is 2. The molecule has 0 aliphatic heterocycles. The van der Waals surface area contributed by atoms with Crippen molar-refractivity contribution in [2.24, 2.45) is 0 Å². The maximum Gasteiger partial charge on any atom is 0.339 e. The van der Waals surface area contributed by atoms with Crippen LogP contribution in [0.1, 0.15) is 37.7 Å². The molecule has 1 aromatic heterocycles. The maximum absolute atomic E-state index is 12.8. The van der Waals surface area contributed by atoms with Gasteiger partial charge >= 0.3 is 5.97 Å². The number of esters is 1. The largest absolute Gasteiger partial charge is 0.452 e. The third kappa shape index (κ3) is 4.17. The fourth-order valence-corrected chi connectivity index (χ4v) is 2.94. The number of rotatable bonds is 6. The first kappa shape index (κ1) is 19.3. The molecule has 0 bridgehead atoms. The van der Waals surface area contributed by atoms with Crippen LogP contribution in [0.15, 0.2) is 83.4 Å². The van der Waals surface area contributed by atoms with E-state index in [0.717, 1.165) is 11.1 Å². The highest BCUT2D eigenvalue weighted by atomic mass is 16.6. The zero-order valence-electron chi connectivity index (χ0n) is 16.2. The fourth-order valence-electron chi connectivity index (χ4n) is 2.94. The van der Waals surface area contributed by atoms with Gasteiger partial charge in [-0.2, -0.15) is 4.98 Å². The lowest BCUT2D eigenvalue weighted by Crippen LogP contribution is -2.12. The zero-order chi connectivity index (χ0) is 20.9. The Morgan fingerprint density at radius 2 is 1.53 bits per heavy atom. The summed E-state index contributed by atoms with van der Waals surface area (Å²) in [6.07, 6.45) is 0. The van der Waals surface area contributed by atoms with Crippen LogP contribution in [-0.4, -0.2) is 21.9 Å². The molecule has 3 aromatic carbocycles. The van der Waals surface area contributed by atoms with E-state index in [0.29, 0.717) is 11.4 Å². The minimum Gasteiger partial charge on any atom is -0.452 e. The summed E-state index contributed by atoms with van der Waals surface area (Å²) in [6, 6.07) is 23.0. The molecule has 6 heteroatoms. The van der Waals surface area contributed by atoms with Crippen molar-refractivity contribution in [2.75, 3.05) is 0 Å². The third-order valence-electron chi connectivity index (χ3n) is 4.53. The normalized spacial score (nSPS) is 10.6. The molecule has 0 atom stereocenters. The number of benzene rings is 3. The maximum atomic E-state index is 12.8. The Bertz CT molecular complexity index is 1180. The second-order valence-corrected chi connectivity index (χ2v) is 6.69. The van der Waals surface area contributed by atoms with E-state index in [9.17, 15) is 9.59 Å². The summed E-state index contributed by atoms with van der Waals surface area (Å²) in [7, 11) is 0. The third-order valence-corrected chi connectivity index (χ3v) is 4.53. The number of ketones is 1. The molecular formula is C24H18N2O4. The number of ether oxygens (including phenoxy) is 1. The highest BCUT2D eigenvalue weighted by Crippen LogP contribution is 2.18. The van der Waals surface area contributed by atoms with Crippen LogP contribution in [-0.2, 0) is 11.3 Å². The molecule has 6 nitrogen and oxygen atoms in total. The van der Waals surface area contributed by atoms with Gasteiger partial charge in [0.15, 0.2) is 12.4 Å². The molecule has 0 aliphatic rings. The van der Waals surface area contributed by atoms with E-state index >= 15 is 0 Å². The van der Waals surface area contributed by atoms with Gasteiger partial charge < -0.3 is 9.26 Å². The number of aryl methyl sites for hydroxylation is 1. The van der Waals surface area contributed by atoms with Crippen LogP contribution in [0, 0.1) is 6.92 Å². The Morgan fingerprint density at radius 1 is 0.867 bits per heavy atom. The zero-order valence-corrected chi connectivity index (χ0v) is 16.2. The van der Waals surface area contributed by atoms with E-state index in [1.807, 2.05) is 37.3 Å². The predicted octanol–water partition coefficient (Wildman–Crippen LogP) is 4.63. The average molecular weight is 398 g/mol. The second-order valence-electron chi connectivity index (χ2n) is 6.69. The van der Waals surface area contributed by atoms with E-state index < -0.39 is 5.97 Å². The molecule has 4 aromatic rings. The minimum atomic E-state index is -0.634. The van der Waals surface area contributed by atoms with Crippen molar-refractivity contribution in [1.82, 2.24) is 10.1 Å². The summed E-state index contributed by atoms with van der Waals surface area (Å²) in [6.45, 7) is 1.80. The van der Waals surface area contributed by atoms with E-state index in [-0.39, 0.29) is 29.4 Å². The Hall–Kier alpha value is -4.06. The molecular weight excluding hydrogens is 380 g/mol. The van der Waals surface area contributed by atoms with E-state index in [4.69, 9.17) is 9.26 Å². The highest BCUT2D eigenvalue weighted by Gasteiger charge is 2.20. The predicted molar refractivity (Wildman–Crippen MR) is 110 cm³/mol. The monoisotopic (exact) mass is 398 g/mol. The quantitative estimate of drug-likeness (QED) is 0.348. The number of hydrogen-bond donors (Lipinski definition) is 0. The number of carbonyl (C=O) groups is 2. The Morgan fingerprint density at radius 3 is 2.27 bits per heavy atom. The Balaban J connectivity index is 1.48. The molecule has 148 valence electrons. The van der Waals surface area contributed by atoms with Gasteiger partial charge in [0.1, 0.15) is 0 Å². The van der Waals surface area contributed by atoms with Gasteiger partial charge in [0.05, 0.1) is 5.56 Å². The van der Waals surface area contributed by atoms with Crippen LogP contribution in [0.25, 0.3) is 11.4 Å². The summed E-state index contributed by atoms with van der Waals surface area (Å²) >= 11 is 0. The molecule has 0 fully saturated rings. The lowest BCUT2D eigenvalue weighted by atomic mass is 9.98. The lowest BCUT2D eigenvalue weighted by molar-refractivity contribution is 0.0427. The highest BCUT2D eigenvalue weighted by molar-refractivity contribution is 6.14. The second kappa shape index (κ2) is 8.53. The first-order valence-corrected chi connectivity index (χ1v) is 9.37. The van der Waals surface area contributed by atoms with Crippen LogP contribution < -0.4 is 0 Å². The molecule has 0 amide bonds. The van der Waals surface area contributed by atoms with Gasteiger partial charge in [0.2, 0.25) is 5.82 Å². The van der Waals surface area contributed by atoms with Crippen molar-refractivity contribution in [1.29, 1.82) is 0 Å². The van der Waals surface area contributed by atoms with Gasteiger partial charge in [-0.1, -0.05) is 83.5 Å². The summed E-state index contributed by atoms with van der Waals surface area (Å²) in [5.41, 5.74) is 2.89. The molecule has 0 spiro atoms. The first-order chi connectivity index (χ1) is 14.6. The topological polar surface area (TPSA) is 82.3 Å². The van der Waals surface area contributed by atoms with E-state index in [1.165, 1.54) is 0 Å². The van der Waals surface area contributed by atoms with Crippen LogP contribution in [0.4, 0.5) is 0 Å². The summed E-state index contributed by atoms with van der Waals surface area (Å²) in [5, 5.41) is 3.92. The molecule has 0 radical (unpaired) electrons. The van der Waals surface area contributed by atoms with Crippen LogP contribution in [0.5, 0.6) is 0 Å². The average Bonchev–Trinajstić information content (AvgIpc) is 3.27. The summed E-state index contributed by atoms with van der Waals surface area (Å²) in [5.74, 6) is -0.293. The van der Waals surface area contributed by atoms with Crippen molar-refractivity contribution in [2.45, 2.75) is 13.5 Å². The molecule has 0 aliphatic carbocycles. The molecule has 0 saturated heterocycles. The van der Waals surface area contributed by atoms with Gasteiger partial charge in [0.25, 0.3) is 5.89 Å². The van der Waals surface area contributed by atoms with Gasteiger partial charge in [-0.3, -0.25) is 4.79 Å². The number of carbonyl (C=O) groups excluding carboxylic acids is 2. The van der Waals surface area contributed by atoms with Crippen molar-refractivity contribution in [3.63, 3.8) is 0 Å². The van der Waals surface area contributed by atoms with Crippen LogP contribution in [0.3, 0.4) is 0 Å². The SMILES string of the molecule is Cc1ccc(-c2noc(COC(=O)c3ccccc3C(=O)c3ccccc3)n2)cc1. The van der Waals surface area contributed by atoms with Crippen molar-refractivity contribution in [3.05, 3.63) is 107 Å². The van der Waals surface area contributed by atoms with Gasteiger partial charge in [0, 0.05) is 16.7 Å². The van der Waals surface area contributed by atoms with Gasteiger partial charge in [-0.25, -0.2) is 4.79 Å². The molecule has 0 N–H and O–H groups in total. The minimum absolute atomic E-state index is 0.172. The van der Waals surface area contributed by atoms with Crippen molar-refractivity contribution >= 4 is 11.8 Å². The van der Waals surface area contributed by atoms with E-state index in [1.54, 1.807) is 48.5 Å². The Labute approximate surface area is 173 Å². The lowest BCUT2D eigenvalue weighted by Gasteiger charge is -2.08. The standard InChI is InChI=1S/C24H18N2O4/c1-16-11-13-18(14-12-16)23-25-21(30-26-23)15-29-24(28)20-10-6-5-9-19(20)22(27)17-7-3-2-4-8-17/h2-14H,15H2,1H3. The molecule has 4 rings (SSSR count). The van der Waals surface area contributed by atoms with Crippen molar-refractivity contribution < 1.29 is 18.8 Å². The number of hydrogen-bond acceptors (Lipinski definition) is 6. The Kier molecular flexibility index (Phi) is 5.48. The molecule has 30 heavy (non-hydrogen) atoms.